The maximum absolute atomic E-state index is 9.02. The van der Waals surface area contributed by atoms with Crippen LogP contribution in [0.4, 0.5) is 0 Å². The van der Waals surface area contributed by atoms with Gasteiger partial charge < -0.3 is 5.11 Å². The zero-order chi connectivity index (χ0) is 5.98. The molecule has 1 aliphatic rings. The molecule has 0 aromatic rings. The van der Waals surface area contributed by atoms with Crippen LogP contribution < -0.4 is 0 Å². The lowest BCUT2D eigenvalue weighted by molar-refractivity contribution is 0.177. The highest BCUT2D eigenvalue weighted by Gasteiger charge is 2.27. The molecule has 1 heterocycles. The summed E-state index contributed by atoms with van der Waals surface area (Å²) in [6, 6.07) is 0. The Morgan fingerprint density at radius 1 is 1.75 bits per heavy atom. The number of hydrogen-bond acceptors (Lipinski definition) is 2. The quantitative estimate of drug-likeness (QED) is 0.610. The van der Waals surface area contributed by atoms with Crippen molar-refractivity contribution >= 4 is 11.8 Å². The zero-order valence-electron chi connectivity index (χ0n) is 5.13. The van der Waals surface area contributed by atoms with E-state index in [-0.39, 0.29) is 6.10 Å². The molecule has 1 saturated heterocycles. The highest BCUT2D eigenvalue weighted by molar-refractivity contribution is 8.01. The molecular formula is C6H12OS. The first-order valence-corrected chi connectivity index (χ1v) is 4.19. The maximum atomic E-state index is 9.02. The summed E-state index contributed by atoms with van der Waals surface area (Å²) >= 11 is 1.89. The van der Waals surface area contributed by atoms with Crippen molar-refractivity contribution in [3.05, 3.63) is 0 Å². The number of hydrogen-bond donors (Lipinski definition) is 1. The lowest BCUT2D eigenvalue weighted by Crippen LogP contribution is -2.35. The molecule has 1 nitrogen and oxygen atoms in total. The highest BCUT2D eigenvalue weighted by Crippen LogP contribution is 2.31. The van der Waals surface area contributed by atoms with E-state index in [2.05, 4.69) is 6.92 Å². The second-order valence-corrected chi connectivity index (χ2v) is 3.50. The van der Waals surface area contributed by atoms with E-state index in [1.165, 1.54) is 12.8 Å². The topological polar surface area (TPSA) is 20.2 Å². The molecule has 2 heteroatoms. The van der Waals surface area contributed by atoms with Crippen LogP contribution in [-0.2, 0) is 0 Å². The Bertz CT molecular complexity index is 74.9. The van der Waals surface area contributed by atoms with E-state index in [4.69, 9.17) is 5.11 Å². The van der Waals surface area contributed by atoms with E-state index in [0.717, 1.165) is 5.75 Å². The predicted octanol–water partition coefficient (Wildman–Crippen LogP) is 1.26. The van der Waals surface area contributed by atoms with Gasteiger partial charge in [-0.2, -0.15) is 11.8 Å². The summed E-state index contributed by atoms with van der Waals surface area (Å²) in [5.41, 5.74) is 0. The van der Waals surface area contributed by atoms with Gasteiger partial charge in [0.1, 0.15) is 0 Å². The Morgan fingerprint density at radius 3 is 2.62 bits per heavy atom. The highest BCUT2D eigenvalue weighted by atomic mass is 32.2. The van der Waals surface area contributed by atoms with E-state index in [1.54, 1.807) is 0 Å². The van der Waals surface area contributed by atoms with E-state index in [0.29, 0.717) is 5.25 Å². The van der Waals surface area contributed by atoms with E-state index >= 15 is 0 Å². The van der Waals surface area contributed by atoms with Crippen molar-refractivity contribution in [2.75, 3.05) is 5.75 Å². The van der Waals surface area contributed by atoms with Crippen molar-refractivity contribution in [2.24, 2.45) is 0 Å². The van der Waals surface area contributed by atoms with Crippen LogP contribution in [0.5, 0.6) is 0 Å². The Balaban J connectivity index is 2.08. The average Bonchev–Trinajstić information content (AvgIpc) is 1.79. The number of aliphatic hydroxyl groups is 1. The Kier molecular flexibility index (Phi) is 2.20. The van der Waals surface area contributed by atoms with Crippen molar-refractivity contribution in [2.45, 2.75) is 31.1 Å². The van der Waals surface area contributed by atoms with Crippen molar-refractivity contribution in [1.82, 2.24) is 0 Å². The fourth-order valence-corrected chi connectivity index (χ4v) is 1.92. The molecule has 0 aromatic heterocycles. The van der Waals surface area contributed by atoms with Gasteiger partial charge in [0.2, 0.25) is 0 Å². The molecule has 1 N–H and O–H groups in total. The summed E-state index contributed by atoms with van der Waals surface area (Å²) in [6.45, 7) is 2.16. The molecule has 0 aliphatic carbocycles. The fraction of sp³-hybridized carbons (Fsp3) is 1.00. The molecule has 2 atom stereocenters. The Morgan fingerprint density at radius 2 is 2.50 bits per heavy atom. The monoisotopic (exact) mass is 132 g/mol. The van der Waals surface area contributed by atoms with Gasteiger partial charge in [0.15, 0.2) is 0 Å². The molecule has 1 rings (SSSR count). The van der Waals surface area contributed by atoms with Gasteiger partial charge in [-0.1, -0.05) is 13.3 Å². The van der Waals surface area contributed by atoms with Crippen molar-refractivity contribution < 1.29 is 5.11 Å². The van der Waals surface area contributed by atoms with Gasteiger partial charge in [-0.05, 0) is 6.42 Å². The lowest BCUT2D eigenvalue weighted by atomic mass is 10.1. The molecule has 0 bridgehead atoms. The third-order valence-electron chi connectivity index (χ3n) is 1.48. The fourth-order valence-electron chi connectivity index (χ4n) is 0.879. The maximum Gasteiger partial charge on any atom is 0.0749 e. The normalized spacial score (nSPS) is 36.8. The third-order valence-corrected chi connectivity index (χ3v) is 3.00. The minimum Gasteiger partial charge on any atom is -0.391 e. The molecule has 48 valence electrons. The largest absolute Gasteiger partial charge is 0.391 e. The molecule has 8 heavy (non-hydrogen) atoms. The van der Waals surface area contributed by atoms with Crippen molar-refractivity contribution in [1.29, 1.82) is 0 Å². The van der Waals surface area contributed by atoms with Crippen LogP contribution in [0, 0.1) is 0 Å². The van der Waals surface area contributed by atoms with Gasteiger partial charge in [-0.15, -0.1) is 0 Å². The molecular weight excluding hydrogens is 120 g/mol. The van der Waals surface area contributed by atoms with Crippen LogP contribution in [0.1, 0.15) is 19.8 Å². The van der Waals surface area contributed by atoms with E-state index in [9.17, 15) is 0 Å². The van der Waals surface area contributed by atoms with E-state index in [1.807, 2.05) is 11.8 Å². The van der Waals surface area contributed by atoms with Gasteiger partial charge in [0, 0.05) is 11.0 Å². The summed E-state index contributed by atoms with van der Waals surface area (Å²) in [5, 5.41) is 9.59. The minimum absolute atomic E-state index is 0.0138. The van der Waals surface area contributed by atoms with Crippen LogP contribution in [0.25, 0.3) is 0 Å². The molecule has 0 aromatic carbocycles. The second-order valence-electron chi connectivity index (χ2n) is 2.23. The van der Waals surface area contributed by atoms with Crippen molar-refractivity contribution in [3.8, 4) is 0 Å². The molecule has 0 spiro atoms. The van der Waals surface area contributed by atoms with E-state index < -0.39 is 0 Å². The smallest absolute Gasteiger partial charge is 0.0749 e. The Labute approximate surface area is 54.5 Å². The van der Waals surface area contributed by atoms with Gasteiger partial charge >= 0.3 is 0 Å². The summed E-state index contributed by atoms with van der Waals surface area (Å²) in [7, 11) is 0. The van der Waals surface area contributed by atoms with Crippen molar-refractivity contribution in [3.63, 3.8) is 0 Å². The lowest BCUT2D eigenvalue weighted by Gasteiger charge is -2.31. The first-order valence-electron chi connectivity index (χ1n) is 3.14. The molecule has 1 aliphatic heterocycles. The summed E-state index contributed by atoms with van der Waals surface area (Å²) in [6.07, 6.45) is 2.40. The van der Waals surface area contributed by atoms with Crippen LogP contribution in [0.2, 0.25) is 0 Å². The van der Waals surface area contributed by atoms with Crippen LogP contribution >= 0.6 is 11.8 Å². The molecule has 0 saturated carbocycles. The second kappa shape index (κ2) is 2.74. The predicted molar refractivity (Wildman–Crippen MR) is 37.2 cm³/mol. The average molecular weight is 132 g/mol. The molecule has 0 unspecified atom stereocenters. The first kappa shape index (κ1) is 6.43. The van der Waals surface area contributed by atoms with Gasteiger partial charge in [-0.3, -0.25) is 0 Å². The zero-order valence-corrected chi connectivity index (χ0v) is 5.95. The molecule has 0 amide bonds. The SMILES string of the molecule is CCC[C@@H]1SC[C@H]1O. The Hall–Kier alpha value is 0.310. The molecule has 1 fully saturated rings. The summed E-state index contributed by atoms with van der Waals surface area (Å²) in [5.74, 6) is 0.963. The number of thioether (sulfide) groups is 1. The van der Waals surface area contributed by atoms with Crippen LogP contribution in [0.3, 0.4) is 0 Å². The van der Waals surface area contributed by atoms with Gasteiger partial charge in [-0.25, -0.2) is 0 Å². The standard InChI is InChI=1S/C6H12OS/c1-2-3-6-5(7)4-8-6/h5-7H,2-4H2,1H3/t5-,6+/m1/s1. The van der Waals surface area contributed by atoms with Crippen LogP contribution in [-0.4, -0.2) is 22.2 Å². The minimum atomic E-state index is 0.0138. The number of rotatable bonds is 2. The number of aliphatic hydroxyl groups excluding tert-OH is 1. The van der Waals surface area contributed by atoms with Gasteiger partial charge in [0.05, 0.1) is 6.10 Å². The summed E-state index contributed by atoms with van der Waals surface area (Å²) < 4.78 is 0. The van der Waals surface area contributed by atoms with Gasteiger partial charge in [0.25, 0.3) is 0 Å². The first-order chi connectivity index (χ1) is 3.84. The van der Waals surface area contributed by atoms with Crippen LogP contribution in [0.15, 0.2) is 0 Å². The third kappa shape index (κ3) is 1.17. The molecule has 0 radical (unpaired) electrons. The summed E-state index contributed by atoms with van der Waals surface area (Å²) in [4.78, 5) is 0.